The van der Waals surface area contributed by atoms with E-state index in [1.54, 1.807) is 0 Å². The van der Waals surface area contributed by atoms with E-state index in [9.17, 15) is 0 Å². The molecular formula is C13H15N3. The highest BCUT2D eigenvalue weighted by Crippen LogP contribution is 2.27. The summed E-state index contributed by atoms with van der Waals surface area (Å²) in [5.41, 5.74) is 4.09. The van der Waals surface area contributed by atoms with Gasteiger partial charge in [-0.15, -0.1) is 0 Å². The average molecular weight is 213 g/mol. The molecule has 1 aliphatic heterocycles. The van der Waals surface area contributed by atoms with Crippen LogP contribution in [-0.2, 0) is 13.5 Å². The molecule has 0 spiro atoms. The van der Waals surface area contributed by atoms with Gasteiger partial charge in [-0.3, -0.25) is 4.68 Å². The Bertz CT molecular complexity index is 501. The van der Waals surface area contributed by atoms with Crippen LogP contribution >= 0.6 is 0 Å². The quantitative estimate of drug-likeness (QED) is 0.780. The first kappa shape index (κ1) is 9.60. The monoisotopic (exact) mass is 213 g/mol. The Morgan fingerprint density at radius 1 is 1.38 bits per heavy atom. The van der Waals surface area contributed by atoms with Gasteiger partial charge < -0.3 is 5.32 Å². The summed E-state index contributed by atoms with van der Waals surface area (Å²) in [6, 6.07) is 8.96. The second-order valence-electron chi connectivity index (χ2n) is 4.28. The Kier molecular flexibility index (Phi) is 2.26. The molecule has 0 fully saturated rings. The van der Waals surface area contributed by atoms with Gasteiger partial charge in [-0.2, -0.15) is 5.10 Å². The maximum Gasteiger partial charge on any atom is 0.0610 e. The van der Waals surface area contributed by atoms with Crippen LogP contribution in [0.25, 0.3) is 0 Å². The van der Waals surface area contributed by atoms with E-state index < -0.39 is 0 Å². The third-order valence-corrected chi connectivity index (χ3v) is 3.17. The number of aromatic nitrogens is 2. The average Bonchev–Trinajstić information content (AvgIpc) is 2.75. The van der Waals surface area contributed by atoms with Crippen LogP contribution in [0, 0.1) is 0 Å². The molecule has 1 aliphatic rings. The lowest BCUT2D eigenvalue weighted by Crippen LogP contribution is -2.30. The van der Waals surface area contributed by atoms with Crippen molar-refractivity contribution in [2.24, 2.45) is 7.05 Å². The van der Waals surface area contributed by atoms with Gasteiger partial charge in [0.25, 0.3) is 0 Å². The van der Waals surface area contributed by atoms with E-state index in [1.807, 2.05) is 17.9 Å². The van der Waals surface area contributed by atoms with E-state index in [0.717, 1.165) is 13.0 Å². The first-order valence-electron chi connectivity index (χ1n) is 5.64. The minimum Gasteiger partial charge on any atom is -0.306 e. The lowest BCUT2D eigenvalue weighted by molar-refractivity contribution is 0.567. The van der Waals surface area contributed by atoms with Crippen molar-refractivity contribution in [1.82, 2.24) is 15.1 Å². The van der Waals surface area contributed by atoms with Gasteiger partial charge in [0.2, 0.25) is 0 Å². The topological polar surface area (TPSA) is 29.9 Å². The minimum absolute atomic E-state index is 0.304. The lowest BCUT2D eigenvalue weighted by Gasteiger charge is -2.26. The van der Waals surface area contributed by atoms with Gasteiger partial charge in [-0.25, -0.2) is 0 Å². The number of nitrogens with one attached hydrogen (secondary N) is 1. The fraction of sp³-hybridized carbons (Fsp3) is 0.308. The molecule has 0 radical (unpaired) electrons. The van der Waals surface area contributed by atoms with Crippen molar-refractivity contribution in [2.75, 3.05) is 6.54 Å². The van der Waals surface area contributed by atoms with Crippen molar-refractivity contribution < 1.29 is 0 Å². The summed E-state index contributed by atoms with van der Waals surface area (Å²) in [5.74, 6) is 0. The number of fused-ring (bicyclic) bond motifs is 1. The predicted molar refractivity (Wildman–Crippen MR) is 63.2 cm³/mol. The molecule has 0 bridgehead atoms. The SMILES string of the molecule is Cn1cc(C2NCCc3ccccc32)cn1. The Morgan fingerprint density at radius 3 is 3.06 bits per heavy atom. The van der Waals surface area contributed by atoms with E-state index in [2.05, 4.69) is 40.9 Å². The molecule has 3 heteroatoms. The van der Waals surface area contributed by atoms with Gasteiger partial charge >= 0.3 is 0 Å². The van der Waals surface area contributed by atoms with Gasteiger partial charge in [0.05, 0.1) is 12.2 Å². The van der Waals surface area contributed by atoms with E-state index in [1.165, 1.54) is 16.7 Å². The van der Waals surface area contributed by atoms with E-state index in [-0.39, 0.29) is 0 Å². The molecular weight excluding hydrogens is 198 g/mol. The molecule has 0 saturated heterocycles. The number of nitrogens with zero attached hydrogens (tertiary/aromatic N) is 2. The van der Waals surface area contributed by atoms with Gasteiger partial charge in [0.1, 0.15) is 0 Å². The van der Waals surface area contributed by atoms with Crippen LogP contribution in [0.1, 0.15) is 22.7 Å². The molecule has 16 heavy (non-hydrogen) atoms. The maximum absolute atomic E-state index is 4.24. The first-order valence-corrected chi connectivity index (χ1v) is 5.64. The summed E-state index contributed by atoms with van der Waals surface area (Å²) in [4.78, 5) is 0. The number of benzene rings is 1. The van der Waals surface area contributed by atoms with Crippen LogP contribution < -0.4 is 5.32 Å². The summed E-state index contributed by atoms with van der Waals surface area (Å²) in [6.07, 6.45) is 5.15. The molecule has 0 amide bonds. The molecule has 82 valence electrons. The predicted octanol–water partition coefficient (Wildman–Crippen LogP) is 1.66. The zero-order chi connectivity index (χ0) is 11.0. The van der Waals surface area contributed by atoms with Crippen molar-refractivity contribution >= 4 is 0 Å². The Hall–Kier alpha value is -1.61. The highest BCUT2D eigenvalue weighted by molar-refractivity contribution is 5.38. The van der Waals surface area contributed by atoms with Crippen LogP contribution in [0.4, 0.5) is 0 Å². The lowest BCUT2D eigenvalue weighted by atomic mass is 9.91. The van der Waals surface area contributed by atoms with Crippen molar-refractivity contribution in [3.63, 3.8) is 0 Å². The summed E-state index contributed by atoms with van der Waals surface area (Å²) in [5, 5.41) is 7.79. The fourth-order valence-corrected chi connectivity index (χ4v) is 2.39. The summed E-state index contributed by atoms with van der Waals surface area (Å²) < 4.78 is 1.86. The second kappa shape index (κ2) is 3.76. The van der Waals surface area contributed by atoms with Gasteiger partial charge in [0.15, 0.2) is 0 Å². The minimum atomic E-state index is 0.304. The zero-order valence-corrected chi connectivity index (χ0v) is 9.35. The van der Waals surface area contributed by atoms with E-state index >= 15 is 0 Å². The Balaban J connectivity index is 2.04. The fourth-order valence-electron chi connectivity index (χ4n) is 2.39. The van der Waals surface area contributed by atoms with Crippen LogP contribution in [-0.4, -0.2) is 16.3 Å². The van der Waals surface area contributed by atoms with Gasteiger partial charge in [-0.05, 0) is 17.5 Å². The molecule has 1 atom stereocenters. The molecule has 0 aliphatic carbocycles. The molecule has 2 aromatic rings. The smallest absolute Gasteiger partial charge is 0.0610 e. The largest absolute Gasteiger partial charge is 0.306 e. The number of aryl methyl sites for hydroxylation is 1. The zero-order valence-electron chi connectivity index (χ0n) is 9.35. The molecule has 1 N–H and O–H groups in total. The van der Waals surface area contributed by atoms with Crippen molar-refractivity contribution in [2.45, 2.75) is 12.5 Å². The highest BCUT2D eigenvalue weighted by Gasteiger charge is 2.21. The highest BCUT2D eigenvalue weighted by atomic mass is 15.2. The summed E-state index contributed by atoms with van der Waals surface area (Å²) in [6.45, 7) is 1.04. The molecule has 3 nitrogen and oxygen atoms in total. The summed E-state index contributed by atoms with van der Waals surface area (Å²) in [7, 11) is 1.96. The summed E-state index contributed by atoms with van der Waals surface area (Å²) >= 11 is 0. The molecule has 0 saturated carbocycles. The molecule has 1 aromatic carbocycles. The molecule has 1 unspecified atom stereocenters. The van der Waals surface area contributed by atoms with Gasteiger partial charge in [0, 0.05) is 25.4 Å². The van der Waals surface area contributed by atoms with Crippen molar-refractivity contribution in [1.29, 1.82) is 0 Å². The van der Waals surface area contributed by atoms with Crippen LogP contribution in [0.15, 0.2) is 36.7 Å². The maximum atomic E-state index is 4.24. The van der Waals surface area contributed by atoms with E-state index in [0.29, 0.717) is 6.04 Å². The van der Waals surface area contributed by atoms with Crippen molar-refractivity contribution in [3.05, 3.63) is 53.3 Å². The van der Waals surface area contributed by atoms with Crippen molar-refractivity contribution in [3.8, 4) is 0 Å². The van der Waals surface area contributed by atoms with Crippen LogP contribution in [0.3, 0.4) is 0 Å². The van der Waals surface area contributed by atoms with Gasteiger partial charge in [-0.1, -0.05) is 24.3 Å². The number of hydrogen-bond acceptors (Lipinski definition) is 2. The number of rotatable bonds is 1. The van der Waals surface area contributed by atoms with E-state index in [4.69, 9.17) is 0 Å². The standard InChI is InChI=1S/C13H15N3/c1-16-9-11(8-15-16)13-12-5-3-2-4-10(12)6-7-14-13/h2-5,8-9,13-14H,6-7H2,1H3. The molecule has 3 rings (SSSR count). The van der Waals surface area contributed by atoms with Crippen LogP contribution in [0.2, 0.25) is 0 Å². The number of hydrogen-bond donors (Lipinski definition) is 1. The second-order valence-corrected chi connectivity index (χ2v) is 4.28. The Morgan fingerprint density at radius 2 is 2.25 bits per heavy atom. The normalized spacial score (nSPS) is 19.4. The third-order valence-electron chi connectivity index (χ3n) is 3.17. The van der Waals surface area contributed by atoms with Crippen LogP contribution in [0.5, 0.6) is 0 Å². The molecule has 1 aromatic heterocycles. The Labute approximate surface area is 95.1 Å². The molecule has 2 heterocycles. The first-order chi connectivity index (χ1) is 7.84. The third kappa shape index (κ3) is 1.53.